The van der Waals surface area contributed by atoms with E-state index in [-0.39, 0.29) is 12.1 Å². The fourth-order valence-electron chi connectivity index (χ4n) is 3.12. The SMILES string of the molecule is Cc1cc(S(=O)(=O)N2C3CCC2CC(Br)C3)sc1Cl. The highest BCUT2D eigenvalue weighted by molar-refractivity contribution is 9.09. The Bertz CT molecular complexity index is 567. The standard InChI is InChI=1S/C12H15BrClNO2S2/c1-7-4-11(18-12(7)14)19(16,17)15-9-2-3-10(15)6-8(13)5-9/h4,8-10H,2-3,5-6H2,1H3. The zero-order chi connectivity index (χ0) is 13.8. The van der Waals surface area contributed by atoms with Gasteiger partial charge in [-0.2, -0.15) is 4.31 Å². The maximum absolute atomic E-state index is 12.8. The molecule has 0 spiro atoms. The molecule has 0 aliphatic carbocycles. The number of hydrogen-bond acceptors (Lipinski definition) is 3. The number of piperidine rings is 1. The van der Waals surface area contributed by atoms with Crippen LogP contribution in [0.1, 0.15) is 31.2 Å². The smallest absolute Gasteiger partial charge is 0.206 e. The molecule has 1 aromatic rings. The molecule has 3 heterocycles. The molecule has 3 nitrogen and oxygen atoms in total. The van der Waals surface area contributed by atoms with Crippen molar-refractivity contribution in [3.05, 3.63) is 16.0 Å². The molecule has 19 heavy (non-hydrogen) atoms. The number of rotatable bonds is 2. The van der Waals surface area contributed by atoms with E-state index in [1.54, 1.807) is 10.4 Å². The van der Waals surface area contributed by atoms with Gasteiger partial charge in [0.1, 0.15) is 4.21 Å². The molecule has 2 bridgehead atoms. The van der Waals surface area contributed by atoms with Gasteiger partial charge in [-0.05, 0) is 44.2 Å². The van der Waals surface area contributed by atoms with E-state index in [1.807, 2.05) is 6.92 Å². The number of thiophene rings is 1. The van der Waals surface area contributed by atoms with Gasteiger partial charge in [0.2, 0.25) is 0 Å². The Labute approximate surface area is 131 Å². The summed E-state index contributed by atoms with van der Waals surface area (Å²) < 4.78 is 28.3. The molecular weight excluding hydrogens is 370 g/mol. The van der Waals surface area contributed by atoms with Crippen molar-refractivity contribution < 1.29 is 8.42 Å². The highest BCUT2D eigenvalue weighted by atomic mass is 79.9. The average molecular weight is 385 g/mol. The number of nitrogens with zero attached hydrogens (tertiary/aromatic N) is 1. The highest BCUT2D eigenvalue weighted by Gasteiger charge is 2.47. The van der Waals surface area contributed by atoms with Gasteiger partial charge >= 0.3 is 0 Å². The van der Waals surface area contributed by atoms with Gasteiger partial charge < -0.3 is 0 Å². The first kappa shape index (κ1) is 14.3. The Balaban J connectivity index is 1.97. The minimum Gasteiger partial charge on any atom is -0.206 e. The first-order valence-corrected chi connectivity index (χ1v) is 9.88. The van der Waals surface area contributed by atoms with E-state index in [0.29, 0.717) is 13.4 Å². The van der Waals surface area contributed by atoms with E-state index >= 15 is 0 Å². The van der Waals surface area contributed by atoms with Gasteiger partial charge in [-0.15, -0.1) is 11.3 Å². The van der Waals surface area contributed by atoms with Crippen LogP contribution in [0.2, 0.25) is 4.34 Å². The molecule has 2 aliphatic rings. The molecule has 106 valence electrons. The van der Waals surface area contributed by atoms with Crippen molar-refractivity contribution in [3.63, 3.8) is 0 Å². The Hall–Kier alpha value is 0.380. The second-order valence-corrected chi connectivity index (χ2v) is 10.3. The number of alkyl halides is 1. The van der Waals surface area contributed by atoms with Crippen LogP contribution in [0.4, 0.5) is 0 Å². The summed E-state index contributed by atoms with van der Waals surface area (Å²) in [5.74, 6) is 0. The van der Waals surface area contributed by atoms with Crippen LogP contribution in [0, 0.1) is 6.92 Å². The second kappa shape index (κ2) is 4.98. The van der Waals surface area contributed by atoms with Gasteiger partial charge in [-0.1, -0.05) is 27.5 Å². The number of halogens is 2. The summed E-state index contributed by atoms with van der Waals surface area (Å²) in [6.45, 7) is 1.84. The Kier molecular flexibility index (Phi) is 3.76. The summed E-state index contributed by atoms with van der Waals surface area (Å²) in [7, 11) is -3.38. The van der Waals surface area contributed by atoms with Gasteiger partial charge in [0.15, 0.2) is 0 Å². The molecule has 3 rings (SSSR count). The van der Waals surface area contributed by atoms with E-state index in [0.717, 1.165) is 31.2 Å². The molecule has 0 saturated carbocycles. The molecule has 2 fully saturated rings. The van der Waals surface area contributed by atoms with Gasteiger partial charge in [0.25, 0.3) is 10.0 Å². The quantitative estimate of drug-likeness (QED) is 0.728. The molecule has 2 aliphatic heterocycles. The minimum atomic E-state index is -3.38. The van der Waals surface area contributed by atoms with Crippen molar-refractivity contribution in [2.75, 3.05) is 0 Å². The summed E-state index contributed by atoms with van der Waals surface area (Å²) in [6.07, 6.45) is 3.77. The van der Waals surface area contributed by atoms with Crippen molar-refractivity contribution in [3.8, 4) is 0 Å². The molecule has 0 aromatic carbocycles. The lowest BCUT2D eigenvalue weighted by Gasteiger charge is -2.35. The van der Waals surface area contributed by atoms with E-state index in [1.165, 1.54) is 11.3 Å². The summed E-state index contributed by atoms with van der Waals surface area (Å²) in [4.78, 5) is 0.449. The summed E-state index contributed by atoms with van der Waals surface area (Å²) in [6, 6.07) is 1.99. The van der Waals surface area contributed by atoms with Crippen LogP contribution >= 0.6 is 38.9 Å². The summed E-state index contributed by atoms with van der Waals surface area (Å²) in [5, 5.41) is 0. The van der Waals surface area contributed by atoms with Gasteiger partial charge in [0.05, 0.1) is 4.34 Å². The van der Waals surface area contributed by atoms with Crippen molar-refractivity contribution in [2.45, 2.75) is 53.7 Å². The maximum Gasteiger partial charge on any atom is 0.253 e. The third kappa shape index (κ3) is 2.39. The Morgan fingerprint density at radius 3 is 2.42 bits per heavy atom. The van der Waals surface area contributed by atoms with Crippen molar-refractivity contribution >= 4 is 48.9 Å². The van der Waals surface area contributed by atoms with Crippen molar-refractivity contribution in [1.82, 2.24) is 4.31 Å². The van der Waals surface area contributed by atoms with Crippen LogP contribution in [-0.4, -0.2) is 29.6 Å². The van der Waals surface area contributed by atoms with Gasteiger partial charge in [-0.25, -0.2) is 8.42 Å². The zero-order valence-electron chi connectivity index (χ0n) is 10.5. The molecule has 2 atom stereocenters. The predicted molar refractivity (Wildman–Crippen MR) is 81.8 cm³/mol. The number of hydrogen-bond donors (Lipinski definition) is 0. The minimum absolute atomic E-state index is 0.148. The normalized spacial score (nSPS) is 31.8. The van der Waals surface area contributed by atoms with Crippen LogP contribution in [0.15, 0.2) is 10.3 Å². The molecule has 2 saturated heterocycles. The summed E-state index contributed by atoms with van der Waals surface area (Å²) >= 11 is 10.8. The van der Waals surface area contributed by atoms with Crippen LogP contribution in [0.5, 0.6) is 0 Å². The molecular formula is C12H15BrClNO2S2. The lowest BCUT2D eigenvalue weighted by molar-refractivity contribution is 0.255. The summed E-state index contributed by atoms with van der Waals surface area (Å²) in [5.41, 5.74) is 0.841. The Morgan fingerprint density at radius 2 is 1.95 bits per heavy atom. The first-order chi connectivity index (χ1) is 8.89. The van der Waals surface area contributed by atoms with Crippen molar-refractivity contribution in [1.29, 1.82) is 0 Å². The second-order valence-electron chi connectivity index (χ2n) is 5.31. The largest absolute Gasteiger partial charge is 0.253 e. The van der Waals surface area contributed by atoms with E-state index in [9.17, 15) is 8.42 Å². The van der Waals surface area contributed by atoms with E-state index < -0.39 is 10.0 Å². The van der Waals surface area contributed by atoms with Crippen LogP contribution in [-0.2, 0) is 10.0 Å². The molecule has 1 aromatic heterocycles. The fraction of sp³-hybridized carbons (Fsp3) is 0.667. The molecule has 0 N–H and O–H groups in total. The number of sulfonamides is 1. The fourth-order valence-corrected chi connectivity index (χ4v) is 7.69. The molecule has 2 unspecified atom stereocenters. The third-order valence-electron chi connectivity index (χ3n) is 3.97. The maximum atomic E-state index is 12.8. The zero-order valence-corrected chi connectivity index (χ0v) is 14.4. The lowest BCUT2D eigenvalue weighted by Crippen LogP contribution is -2.46. The highest BCUT2D eigenvalue weighted by Crippen LogP contribution is 2.43. The first-order valence-electron chi connectivity index (χ1n) is 6.33. The Morgan fingerprint density at radius 1 is 1.37 bits per heavy atom. The lowest BCUT2D eigenvalue weighted by atomic mass is 10.1. The van der Waals surface area contributed by atoms with E-state index in [4.69, 9.17) is 11.6 Å². The van der Waals surface area contributed by atoms with E-state index in [2.05, 4.69) is 15.9 Å². The topological polar surface area (TPSA) is 37.4 Å². The number of aryl methyl sites for hydroxylation is 1. The monoisotopic (exact) mass is 383 g/mol. The predicted octanol–water partition coefficient (Wildman–Crippen LogP) is 3.79. The third-order valence-corrected chi connectivity index (χ3v) is 8.73. The average Bonchev–Trinajstić information content (AvgIpc) is 2.80. The van der Waals surface area contributed by atoms with Crippen LogP contribution < -0.4 is 0 Å². The van der Waals surface area contributed by atoms with Crippen LogP contribution in [0.25, 0.3) is 0 Å². The molecule has 7 heteroatoms. The molecule has 0 amide bonds. The van der Waals surface area contributed by atoms with Crippen LogP contribution in [0.3, 0.4) is 0 Å². The van der Waals surface area contributed by atoms with Gasteiger partial charge in [0, 0.05) is 16.9 Å². The number of fused-ring (bicyclic) bond motifs is 2. The molecule has 0 radical (unpaired) electrons. The van der Waals surface area contributed by atoms with Crippen molar-refractivity contribution in [2.24, 2.45) is 0 Å². The van der Waals surface area contributed by atoms with Gasteiger partial charge in [-0.3, -0.25) is 0 Å².